The lowest BCUT2D eigenvalue weighted by molar-refractivity contribution is 0.0701. The molecule has 6 nitrogen and oxygen atoms in total. The van der Waals surface area contributed by atoms with E-state index in [9.17, 15) is 13.2 Å². The number of hydrogen-bond acceptors (Lipinski definition) is 5. The number of sulfonamides is 1. The van der Waals surface area contributed by atoms with Crippen molar-refractivity contribution in [1.29, 1.82) is 0 Å². The number of ether oxygens (including phenoxy) is 1. The first kappa shape index (κ1) is 14.0. The lowest BCUT2D eigenvalue weighted by Crippen LogP contribution is -2.41. The summed E-state index contributed by atoms with van der Waals surface area (Å²) in [7, 11) is -3.68. The highest BCUT2D eigenvalue weighted by molar-refractivity contribution is 7.91. The van der Waals surface area contributed by atoms with E-state index in [0.717, 1.165) is 24.2 Å². The highest BCUT2D eigenvalue weighted by Crippen LogP contribution is 2.35. The number of hydrogen-bond donors (Lipinski definition) is 2. The molecular formula is C12H15NO5S2. The van der Waals surface area contributed by atoms with Gasteiger partial charge in [-0.05, 0) is 37.8 Å². The van der Waals surface area contributed by atoms with Gasteiger partial charge in [0.25, 0.3) is 0 Å². The second-order valence-corrected chi connectivity index (χ2v) is 8.21. The molecule has 2 bridgehead atoms. The highest BCUT2D eigenvalue weighted by atomic mass is 32.2. The zero-order valence-electron chi connectivity index (χ0n) is 10.8. The number of rotatable bonds is 4. The topological polar surface area (TPSA) is 92.7 Å². The van der Waals surface area contributed by atoms with Crippen LogP contribution in [0.25, 0.3) is 0 Å². The Hall–Kier alpha value is -0.960. The number of carboxylic acids is 1. The van der Waals surface area contributed by atoms with Crippen molar-refractivity contribution in [2.45, 2.75) is 48.6 Å². The summed E-state index contributed by atoms with van der Waals surface area (Å²) in [6.07, 6.45) is 2.67. The first-order valence-electron chi connectivity index (χ1n) is 6.38. The molecule has 3 rings (SSSR count). The lowest BCUT2D eigenvalue weighted by Gasteiger charge is -2.19. The number of thiophene rings is 1. The zero-order chi connectivity index (χ0) is 14.5. The minimum atomic E-state index is -3.68. The van der Waals surface area contributed by atoms with Crippen LogP contribution in [0.3, 0.4) is 0 Å². The molecule has 3 unspecified atom stereocenters. The van der Waals surface area contributed by atoms with Gasteiger partial charge in [-0.1, -0.05) is 0 Å². The number of carboxylic acid groups (broad SMARTS) is 1. The molecule has 0 saturated carbocycles. The molecule has 8 heteroatoms. The van der Waals surface area contributed by atoms with E-state index in [2.05, 4.69) is 4.72 Å². The van der Waals surface area contributed by atoms with E-state index in [1.54, 1.807) is 6.92 Å². The van der Waals surface area contributed by atoms with Crippen LogP contribution in [0.2, 0.25) is 0 Å². The molecule has 0 radical (unpaired) electrons. The summed E-state index contributed by atoms with van der Waals surface area (Å²) in [4.78, 5) is 11.1. The molecule has 3 atom stereocenters. The van der Waals surface area contributed by atoms with Crippen molar-refractivity contribution in [3.8, 4) is 0 Å². The molecule has 2 aliphatic rings. The first-order valence-corrected chi connectivity index (χ1v) is 8.68. The largest absolute Gasteiger partial charge is 0.477 e. The van der Waals surface area contributed by atoms with Crippen molar-refractivity contribution in [2.24, 2.45) is 0 Å². The van der Waals surface area contributed by atoms with Gasteiger partial charge in [-0.2, -0.15) is 0 Å². The van der Waals surface area contributed by atoms with Gasteiger partial charge in [0.2, 0.25) is 10.0 Å². The van der Waals surface area contributed by atoms with Crippen LogP contribution in [0.4, 0.5) is 0 Å². The second-order valence-electron chi connectivity index (χ2n) is 5.22. The van der Waals surface area contributed by atoms with Gasteiger partial charge in [0.15, 0.2) is 0 Å². The van der Waals surface area contributed by atoms with Crippen molar-refractivity contribution < 1.29 is 23.1 Å². The Morgan fingerprint density at radius 3 is 2.75 bits per heavy atom. The van der Waals surface area contributed by atoms with Gasteiger partial charge in [-0.3, -0.25) is 0 Å². The Labute approximate surface area is 120 Å². The van der Waals surface area contributed by atoms with Gasteiger partial charge < -0.3 is 9.84 Å². The fourth-order valence-electron chi connectivity index (χ4n) is 2.82. The SMILES string of the molecule is Cc1cc(S(=O)(=O)NC2CC3CCC2O3)sc1C(=O)O. The summed E-state index contributed by atoms with van der Waals surface area (Å²) in [6.45, 7) is 1.60. The minimum absolute atomic E-state index is 0.0465. The zero-order valence-corrected chi connectivity index (χ0v) is 12.5. The van der Waals surface area contributed by atoms with Crippen LogP contribution in [-0.4, -0.2) is 37.7 Å². The Balaban J connectivity index is 1.81. The molecule has 1 aromatic rings. The summed E-state index contributed by atoms with van der Waals surface area (Å²) in [5.41, 5.74) is 0.465. The molecule has 2 N–H and O–H groups in total. The van der Waals surface area contributed by atoms with E-state index in [-0.39, 0.29) is 27.3 Å². The normalized spacial score (nSPS) is 28.9. The van der Waals surface area contributed by atoms with Crippen LogP contribution in [0.5, 0.6) is 0 Å². The molecule has 0 amide bonds. The van der Waals surface area contributed by atoms with Gasteiger partial charge in [0.05, 0.1) is 18.2 Å². The monoisotopic (exact) mass is 317 g/mol. The van der Waals surface area contributed by atoms with Crippen molar-refractivity contribution in [3.63, 3.8) is 0 Å². The van der Waals surface area contributed by atoms with E-state index in [4.69, 9.17) is 9.84 Å². The van der Waals surface area contributed by atoms with Gasteiger partial charge >= 0.3 is 5.97 Å². The first-order chi connectivity index (χ1) is 9.37. The standard InChI is InChI=1S/C12H15NO5S2/c1-6-4-10(19-11(6)12(14)15)20(16,17)13-8-5-7-2-3-9(8)18-7/h4,7-9,13H,2-3,5H2,1H3,(H,14,15). The third-order valence-corrected chi connectivity index (χ3v) is 6.96. The van der Waals surface area contributed by atoms with Gasteiger partial charge in [0, 0.05) is 0 Å². The Kier molecular flexibility index (Phi) is 3.36. The molecule has 0 aliphatic carbocycles. The van der Waals surface area contributed by atoms with Crippen LogP contribution < -0.4 is 4.72 Å². The molecule has 0 spiro atoms. The van der Waals surface area contributed by atoms with E-state index in [1.807, 2.05) is 0 Å². The molecule has 2 saturated heterocycles. The van der Waals surface area contributed by atoms with E-state index in [1.165, 1.54) is 6.07 Å². The molecule has 2 fully saturated rings. The lowest BCUT2D eigenvalue weighted by atomic mass is 9.96. The molecule has 2 aliphatic heterocycles. The van der Waals surface area contributed by atoms with Crippen molar-refractivity contribution in [2.75, 3.05) is 0 Å². The third-order valence-electron chi connectivity index (χ3n) is 3.77. The number of nitrogens with one attached hydrogen (secondary N) is 1. The van der Waals surface area contributed by atoms with Gasteiger partial charge in [0.1, 0.15) is 9.09 Å². The van der Waals surface area contributed by atoms with Crippen molar-refractivity contribution >= 4 is 27.3 Å². The maximum Gasteiger partial charge on any atom is 0.346 e. The third kappa shape index (κ3) is 2.37. The van der Waals surface area contributed by atoms with Gasteiger partial charge in [-0.15, -0.1) is 11.3 Å². The summed E-state index contributed by atoms with van der Waals surface area (Å²) >= 11 is 0.787. The minimum Gasteiger partial charge on any atom is -0.477 e. The second kappa shape index (κ2) is 4.80. The summed E-state index contributed by atoms with van der Waals surface area (Å²) in [5, 5.41) is 8.99. The van der Waals surface area contributed by atoms with Crippen LogP contribution in [0, 0.1) is 6.92 Å². The van der Waals surface area contributed by atoms with Crippen molar-refractivity contribution in [3.05, 3.63) is 16.5 Å². The maximum atomic E-state index is 12.3. The van der Waals surface area contributed by atoms with Crippen LogP contribution in [-0.2, 0) is 14.8 Å². The summed E-state index contributed by atoms with van der Waals surface area (Å²) in [5.74, 6) is -1.10. The Morgan fingerprint density at radius 1 is 1.50 bits per heavy atom. The molecule has 0 aromatic carbocycles. The van der Waals surface area contributed by atoms with Gasteiger partial charge in [-0.25, -0.2) is 17.9 Å². The maximum absolute atomic E-state index is 12.3. The summed E-state index contributed by atoms with van der Waals surface area (Å²) in [6, 6.07) is 1.21. The fraction of sp³-hybridized carbons (Fsp3) is 0.583. The van der Waals surface area contributed by atoms with Crippen molar-refractivity contribution in [1.82, 2.24) is 4.72 Å². The molecule has 3 heterocycles. The predicted molar refractivity (Wildman–Crippen MR) is 72.6 cm³/mol. The quantitative estimate of drug-likeness (QED) is 0.874. The number of aromatic carboxylic acids is 1. The Bertz CT molecular complexity index is 651. The smallest absolute Gasteiger partial charge is 0.346 e. The predicted octanol–water partition coefficient (Wildman–Crippen LogP) is 1.35. The average molecular weight is 317 g/mol. The number of carbonyl (C=O) groups is 1. The Morgan fingerprint density at radius 2 is 2.25 bits per heavy atom. The van der Waals surface area contributed by atoms with Crippen LogP contribution in [0.1, 0.15) is 34.5 Å². The number of aryl methyl sites for hydroxylation is 1. The van der Waals surface area contributed by atoms with Crippen LogP contribution >= 0.6 is 11.3 Å². The number of fused-ring (bicyclic) bond motifs is 2. The fourth-order valence-corrected chi connectivity index (χ4v) is 5.49. The molecule has 1 aromatic heterocycles. The highest BCUT2D eigenvalue weighted by Gasteiger charge is 2.42. The summed E-state index contributed by atoms with van der Waals surface area (Å²) < 4.78 is 32.9. The molecule has 110 valence electrons. The van der Waals surface area contributed by atoms with E-state index in [0.29, 0.717) is 12.0 Å². The molecular weight excluding hydrogens is 302 g/mol. The van der Waals surface area contributed by atoms with E-state index < -0.39 is 16.0 Å². The average Bonchev–Trinajstić information content (AvgIpc) is 3.02. The van der Waals surface area contributed by atoms with E-state index >= 15 is 0 Å². The molecule has 20 heavy (non-hydrogen) atoms. The van der Waals surface area contributed by atoms with Crippen LogP contribution in [0.15, 0.2) is 10.3 Å².